The summed E-state index contributed by atoms with van der Waals surface area (Å²) < 4.78 is 99.3. The van der Waals surface area contributed by atoms with E-state index < -0.39 is 131 Å². The van der Waals surface area contributed by atoms with Gasteiger partial charge in [0.2, 0.25) is 0 Å². The zero-order chi connectivity index (χ0) is 48.7. The molecule has 0 saturated heterocycles. The van der Waals surface area contributed by atoms with Crippen molar-refractivity contribution in [3.8, 4) is 34.5 Å². The first-order chi connectivity index (χ1) is 30.6. The Hall–Kier alpha value is -7.60. The van der Waals surface area contributed by atoms with E-state index in [1.54, 1.807) is 0 Å². The fourth-order valence-corrected chi connectivity index (χ4v) is 8.61. The van der Waals surface area contributed by atoms with Gasteiger partial charge in [-0.15, -0.1) is 0 Å². The number of rotatable bonds is 3. The quantitative estimate of drug-likeness (QED) is 0.0837. The number of phenolic OH excluding ortho intramolecular Hbond substituents is 6. The fourth-order valence-electron chi connectivity index (χ4n) is 7.12. The summed E-state index contributed by atoms with van der Waals surface area (Å²) in [5.41, 5.74) is -3.68. The molecule has 25 heteroatoms. The van der Waals surface area contributed by atoms with Crippen LogP contribution in [0.15, 0.2) is 106 Å². The fraction of sp³-hybridized carbons (Fsp3) is 0. The van der Waals surface area contributed by atoms with Gasteiger partial charge in [-0.2, -0.15) is 0 Å². The second-order valence-corrected chi connectivity index (χ2v) is 18.2. The van der Waals surface area contributed by atoms with Gasteiger partial charge in [-0.25, -0.2) is 25.3 Å². The van der Waals surface area contributed by atoms with E-state index in [9.17, 15) is 98.3 Å². The maximum atomic E-state index is 12.4. The molecule has 6 N–H and O–H groups in total. The molecule has 0 aliphatic heterocycles. The summed E-state index contributed by atoms with van der Waals surface area (Å²) in [6.45, 7) is 0. The van der Waals surface area contributed by atoms with E-state index in [0.29, 0.717) is 0 Å². The van der Waals surface area contributed by atoms with Crippen molar-refractivity contribution in [3.63, 3.8) is 0 Å². The van der Waals surface area contributed by atoms with Crippen molar-refractivity contribution >= 4 is 82.4 Å². The molecule has 0 spiro atoms. The maximum absolute atomic E-state index is 12.4. The number of hydrogen-bond acceptors (Lipinski definition) is 21. The van der Waals surface area contributed by atoms with Gasteiger partial charge in [0.25, 0.3) is 0 Å². The number of fused-ring (bicyclic) bond motifs is 6. The molecule has 9 rings (SSSR count). The third-order valence-corrected chi connectivity index (χ3v) is 12.6. The van der Waals surface area contributed by atoms with Crippen LogP contribution in [-0.4, -0.2) is 122 Å². The summed E-state index contributed by atoms with van der Waals surface area (Å²) in [5, 5.41) is 58.5. The summed E-state index contributed by atoms with van der Waals surface area (Å²) >= 11 is 0. The monoisotopic (exact) mass is 984 g/mol. The van der Waals surface area contributed by atoms with Crippen LogP contribution in [0.3, 0.4) is 0 Å². The third kappa shape index (κ3) is 8.44. The van der Waals surface area contributed by atoms with Crippen LogP contribution in [0.5, 0.6) is 34.5 Å². The highest BCUT2D eigenvalue weighted by Crippen LogP contribution is 2.41. The van der Waals surface area contributed by atoms with Gasteiger partial charge in [0.05, 0.1) is 48.1 Å². The topological polar surface area (TPSA) is 395 Å². The van der Waals surface area contributed by atoms with Crippen molar-refractivity contribution < 1.29 is 98.3 Å². The number of benzene rings is 6. The lowest BCUT2D eigenvalue weighted by atomic mass is 9.83. The van der Waals surface area contributed by atoms with Crippen LogP contribution < -0.4 is 0 Å². The molecule has 339 valence electrons. The van der Waals surface area contributed by atoms with Crippen molar-refractivity contribution in [1.82, 2.24) is 0 Å². The molecule has 3 aliphatic carbocycles. The van der Waals surface area contributed by atoms with E-state index in [-0.39, 0.29) is 67.4 Å². The standard InChI is InChI=1S/3C14H8O7S.Al/c3*15-9-3-4-10(16)12-11(9)13(17)7-2-1-6(22(19,20)21)5-8(7)14(12)18;/h3*1-5,15-16H,(H,19,20,21);/p-3. The SMILES string of the molecule is O=C1c2ccc(S(=O)(=O)[O-])cc2C(=O)c2c(O)ccc(O)c21.O=C1c2ccc(S(=O)(=O)[O-])cc2C(=O)c2c(O)ccc(O)c21.O=C1c2ccc(S(=O)(=O)[O-])cc2C(=O)c2c(O)ccc(O)c21.[Al]. The molecule has 0 atom stereocenters. The van der Waals surface area contributed by atoms with E-state index in [1.807, 2.05) is 0 Å². The Morgan fingerprint density at radius 2 is 0.448 bits per heavy atom. The molecule has 0 bridgehead atoms. The normalized spacial score (nSPS) is 13.5. The molecule has 6 aromatic carbocycles. The largest absolute Gasteiger partial charge is 0.744 e. The first-order valence-electron chi connectivity index (χ1n) is 17.9. The van der Waals surface area contributed by atoms with Crippen molar-refractivity contribution in [2.45, 2.75) is 14.7 Å². The minimum absolute atomic E-state index is 0. The van der Waals surface area contributed by atoms with Crippen LogP contribution in [0, 0.1) is 0 Å². The predicted molar refractivity (Wildman–Crippen MR) is 219 cm³/mol. The highest BCUT2D eigenvalue weighted by atomic mass is 32.2. The number of hydrogen-bond donors (Lipinski definition) is 6. The Balaban J connectivity index is 0.000000165. The Bertz CT molecular complexity index is 3260. The van der Waals surface area contributed by atoms with Crippen LogP contribution in [0.2, 0.25) is 0 Å². The lowest BCUT2D eigenvalue weighted by molar-refractivity contribution is 0.0974. The van der Waals surface area contributed by atoms with E-state index in [1.165, 1.54) is 0 Å². The van der Waals surface area contributed by atoms with Crippen LogP contribution in [-0.2, 0) is 30.4 Å². The summed E-state index contributed by atoms with van der Waals surface area (Å²) in [4.78, 5) is 72.2. The molecule has 0 heterocycles. The molecular formula is C42H21AlO21S3-3. The number of phenols is 6. The van der Waals surface area contributed by atoms with Crippen LogP contribution in [0.25, 0.3) is 0 Å². The summed E-state index contributed by atoms with van der Waals surface area (Å²) in [6, 6.07) is 14.6. The number of ketones is 6. The second-order valence-electron chi connectivity index (χ2n) is 14.0. The van der Waals surface area contributed by atoms with E-state index in [0.717, 1.165) is 91.0 Å². The van der Waals surface area contributed by atoms with Crippen LogP contribution in [0.4, 0.5) is 0 Å². The molecule has 6 aromatic rings. The molecule has 3 aliphatic rings. The summed E-state index contributed by atoms with van der Waals surface area (Å²) in [7, 11) is -14.4. The molecule has 0 unspecified atom stereocenters. The summed E-state index contributed by atoms with van der Waals surface area (Å²) in [6.07, 6.45) is 0. The zero-order valence-electron chi connectivity index (χ0n) is 32.8. The van der Waals surface area contributed by atoms with Crippen molar-refractivity contribution in [3.05, 3.63) is 158 Å². The lowest BCUT2D eigenvalue weighted by Gasteiger charge is -2.20. The van der Waals surface area contributed by atoms with E-state index in [2.05, 4.69) is 0 Å². The van der Waals surface area contributed by atoms with Crippen molar-refractivity contribution in [2.24, 2.45) is 0 Å². The van der Waals surface area contributed by atoms with Crippen LogP contribution >= 0.6 is 0 Å². The Morgan fingerprint density at radius 1 is 0.284 bits per heavy atom. The third-order valence-electron chi connectivity index (χ3n) is 10.2. The van der Waals surface area contributed by atoms with E-state index in [4.69, 9.17) is 0 Å². The van der Waals surface area contributed by atoms with Gasteiger partial charge >= 0.3 is 0 Å². The minimum Gasteiger partial charge on any atom is -0.744 e. The molecule has 21 nitrogen and oxygen atoms in total. The first kappa shape index (κ1) is 48.8. The number of carbonyl (C=O) groups is 6. The van der Waals surface area contributed by atoms with Gasteiger partial charge in [0.1, 0.15) is 64.9 Å². The van der Waals surface area contributed by atoms with Gasteiger partial charge in [0, 0.05) is 50.7 Å². The maximum Gasteiger partial charge on any atom is 0.198 e. The van der Waals surface area contributed by atoms with Crippen molar-refractivity contribution in [1.29, 1.82) is 0 Å². The zero-order valence-corrected chi connectivity index (χ0v) is 36.4. The van der Waals surface area contributed by atoms with Gasteiger partial charge in [0.15, 0.2) is 34.7 Å². The summed E-state index contributed by atoms with van der Waals surface area (Å²) in [5.74, 6) is -7.75. The minimum atomic E-state index is -4.80. The van der Waals surface area contributed by atoms with E-state index >= 15 is 0 Å². The molecule has 0 amide bonds. The van der Waals surface area contributed by atoms with Gasteiger partial charge in [-0.1, -0.05) is 0 Å². The average Bonchev–Trinajstić information content (AvgIpc) is 3.25. The Morgan fingerprint density at radius 3 is 0.612 bits per heavy atom. The highest BCUT2D eigenvalue weighted by Gasteiger charge is 2.37. The Kier molecular flexibility index (Phi) is 12.4. The van der Waals surface area contributed by atoms with Gasteiger partial charge < -0.3 is 44.3 Å². The lowest BCUT2D eigenvalue weighted by Crippen LogP contribution is -2.21. The number of carbonyl (C=O) groups excluding carboxylic acids is 6. The smallest absolute Gasteiger partial charge is 0.198 e. The second kappa shape index (κ2) is 17.0. The average molecular weight is 985 g/mol. The van der Waals surface area contributed by atoms with Crippen molar-refractivity contribution in [2.75, 3.05) is 0 Å². The molecular weight excluding hydrogens is 964 g/mol. The molecule has 0 fully saturated rings. The molecule has 0 saturated carbocycles. The molecule has 67 heavy (non-hydrogen) atoms. The van der Waals surface area contributed by atoms with Gasteiger partial charge in [-0.05, 0) is 91.0 Å². The molecule has 3 radical (unpaired) electrons. The first-order valence-corrected chi connectivity index (χ1v) is 22.1. The Labute approximate surface area is 385 Å². The van der Waals surface area contributed by atoms with Gasteiger partial charge in [-0.3, -0.25) is 28.8 Å². The number of aromatic hydroxyl groups is 6. The van der Waals surface area contributed by atoms with Crippen LogP contribution in [0.1, 0.15) is 95.5 Å². The predicted octanol–water partition coefficient (Wildman–Crippen LogP) is 1.95. The molecule has 0 aromatic heterocycles. The highest BCUT2D eigenvalue weighted by molar-refractivity contribution is 7.86.